The molecule has 1 heterocycles. The zero-order valence-corrected chi connectivity index (χ0v) is 7.13. The lowest BCUT2D eigenvalue weighted by Gasteiger charge is -2.15. The average molecular weight is 143 g/mol. The lowest BCUT2D eigenvalue weighted by Crippen LogP contribution is -2.26. The Morgan fingerprint density at radius 1 is 1.30 bits per heavy atom. The van der Waals surface area contributed by atoms with Crippen LogP contribution in [0.3, 0.4) is 0 Å². The van der Waals surface area contributed by atoms with E-state index in [9.17, 15) is 0 Å². The predicted molar refractivity (Wildman–Crippen MR) is 42.1 cm³/mol. The highest BCUT2D eigenvalue weighted by molar-refractivity contribution is 4.66. The number of ether oxygens (including phenoxy) is 1. The van der Waals surface area contributed by atoms with Gasteiger partial charge in [0.25, 0.3) is 0 Å². The van der Waals surface area contributed by atoms with E-state index in [1.165, 1.54) is 13.0 Å². The molecule has 0 aromatic carbocycles. The summed E-state index contributed by atoms with van der Waals surface area (Å²) in [5.41, 5.74) is 0. The first kappa shape index (κ1) is 8.02. The zero-order chi connectivity index (χ0) is 7.56. The summed E-state index contributed by atoms with van der Waals surface area (Å²) >= 11 is 0. The molecule has 0 saturated carbocycles. The second kappa shape index (κ2) is 3.35. The Balaban J connectivity index is 2.38. The third-order valence-corrected chi connectivity index (χ3v) is 1.95. The van der Waals surface area contributed by atoms with E-state index < -0.39 is 0 Å². The summed E-state index contributed by atoms with van der Waals surface area (Å²) in [5, 5.41) is 0. The van der Waals surface area contributed by atoms with E-state index >= 15 is 0 Å². The minimum atomic E-state index is 0.405. The lowest BCUT2D eigenvalue weighted by atomic mass is 10.3. The molecule has 0 radical (unpaired) electrons. The minimum Gasteiger partial charge on any atom is -0.374 e. The van der Waals surface area contributed by atoms with Crippen molar-refractivity contribution in [3.8, 4) is 0 Å². The molecular formula is C8H17NO. The van der Waals surface area contributed by atoms with Crippen LogP contribution in [-0.4, -0.2) is 37.2 Å². The summed E-state index contributed by atoms with van der Waals surface area (Å²) in [5.74, 6) is 0. The van der Waals surface area contributed by atoms with Gasteiger partial charge >= 0.3 is 0 Å². The molecule has 1 aliphatic rings. The van der Waals surface area contributed by atoms with Gasteiger partial charge in [0, 0.05) is 13.1 Å². The highest BCUT2D eigenvalue weighted by Gasteiger charge is 2.15. The maximum absolute atomic E-state index is 5.64. The van der Waals surface area contributed by atoms with E-state index in [0.717, 1.165) is 6.54 Å². The van der Waals surface area contributed by atoms with Gasteiger partial charge in [0.05, 0.1) is 12.2 Å². The largest absolute Gasteiger partial charge is 0.374 e. The van der Waals surface area contributed by atoms with Gasteiger partial charge in [0.2, 0.25) is 0 Å². The van der Waals surface area contributed by atoms with Crippen LogP contribution in [0.15, 0.2) is 0 Å². The second-order valence-electron chi connectivity index (χ2n) is 3.31. The van der Waals surface area contributed by atoms with Crippen LogP contribution >= 0.6 is 0 Å². The average Bonchev–Trinajstić information content (AvgIpc) is 1.93. The van der Waals surface area contributed by atoms with Crippen molar-refractivity contribution < 1.29 is 4.74 Å². The zero-order valence-electron chi connectivity index (χ0n) is 7.13. The van der Waals surface area contributed by atoms with Gasteiger partial charge in [-0.25, -0.2) is 0 Å². The molecule has 0 N–H and O–H groups in total. The van der Waals surface area contributed by atoms with Crippen LogP contribution in [-0.2, 0) is 4.74 Å². The fraction of sp³-hybridized carbons (Fsp3) is 1.00. The van der Waals surface area contributed by atoms with Crippen LogP contribution in [0.4, 0.5) is 0 Å². The van der Waals surface area contributed by atoms with Crippen molar-refractivity contribution in [3.05, 3.63) is 0 Å². The molecule has 1 saturated heterocycles. The first-order chi connectivity index (χ1) is 4.68. The Morgan fingerprint density at radius 3 is 2.70 bits per heavy atom. The van der Waals surface area contributed by atoms with Gasteiger partial charge in [-0.3, -0.25) is 0 Å². The normalized spacial score (nSPS) is 37.5. The van der Waals surface area contributed by atoms with Crippen molar-refractivity contribution in [2.24, 2.45) is 0 Å². The van der Waals surface area contributed by atoms with Crippen LogP contribution in [0.25, 0.3) is 0 Å². The number of rotatable bonds is 0. The quantitative estimate of drug-likeness (QED) is 0.504. The molecule has 2 unspecified atom stereocenters. The molecule has 2 nitrogen and oxygen atoms in total. The molecular weight excluding hydrogens is 126 g/mol. The third kappa shape index (κ3) is 2.27. The maximum atomic E-state index is 5.64. The van der Waals surface area contributed by atoms with Crippen LogP contribution in [0.2, 0.25) is 0 Å². The Kier molecular flexibility index (Phi) is 2.69. The SMILES string of the molecule is CC1CCN(C)CC(C)O1. The van der Waals surface area contributed by atoms with Gasteiger partial charge in [-0.05, 0) is 27.3 Å². The summed E-state index contributed by atoms with van der Waals surface area (Å²) < 4.78 is 5.64. The summed E-state index contributed by atoms with van der Waals surface area (Å²) in [4.78, 5) is 2.33. The van der Waals surface area contributed by atoms with Crippen molar-refractivity contribution in [2.45, 2.75) is 32.5 Å². The summed E-state index contributed by atoms with van der Waals surface area (Å²) in [6.07, 6.45) is 2.02. The van der Waals surface area contributed by atoms with E-state index in [0.29, 0.717) is 12.2 Å². The first-order valence-corrected chi connectivity index (χ1v) is 4.02. The standard InChI is InChI=1S/C8H17NO/c1-7-4-5-9(3)6-8(2)10-7/h7-8H,4-6H2,1-3H3. The fourth-order valence-corrected chi connectivity index (χ4v) is 1.44. The molecule has 0 aliphatic carbocycles. The number of likely N-dealkylation sites (N-methyl/N-ethyl adjacent to an activating group) is 1. The Hall–Kier alpha value is -0.0800. The van der Waals surface area contributed by atoms with Gasteiger partial charge in [0.1, 0.15) is 0 Å². The van der Waals surface area contributed by atoms with Crippen LogP contribution in [0.5, 0.6) is 0 Å². The molecule has 0 amide bonds. The lowest BCUT2D eigenvalue weighted by molar-refractivity contribution is 0.0155. The monoisotopic (exact) mass is 143 g/mol. The number of hydrogen-bond acceptors (Lipinski definition) is 2. The molecule has 10 heavy (non-hydrogen) atoms. The van der Waals surface area contributed by atoms with Gasteiger partial charge in [-0.15, -0.1) is 0 Å². The molecule has 1 aliphatic heterocycles. The van der Waals surface area contributed by atoms with Crippen LogP contribution in [0.1, 0.15) is 20.3 Å². The van der Waals surface area contributed by atoms with Crippen molar-refractivity contribution in [1.29, 1.82) is 0 Å². The topological polar surface area (TPSA) is 12.5 Å². The molecule has 0 aromatic heterocycles. The molecule has 60 valence electrons. The summed E-state index contributed by atoms with van der Waals surface area (Å²) in [6, 6.07) is 0. The van der Waals surface area contributed by atoms with Gasteiger partial charge in [-0.2, -0.15) is 0 Å². The molecule has 1 rings (SSSR count). The fourth-order valence-electron chi connectivity index (χ4n) is 1.44. The molecule has 2 heteroatoms. The van der Waals surface area contributed by atoms with Crippen molar-refractivity contribution in [1.82, 2.24) is 4.90 Å². The molecule has 1 fully saturated rings. The van der Waals surface area contributed by atoms with Crippen molar-refractivity contribution >= 4 is 0 Å². The number of nitrogens with zero attached hydrogens (tertiary/aromatic N) is 1. The van der Waals surface area contributed by atoms with E-state index in [-0.39, 0.29) is 0 Å². The van der Waals surface area contributed by atoms with E-state index in [1.54, 1.807) is 0 Å². The van der Waals surface area contributed by atoms with Gasteiger partial charge in [0.15, 0.2) is 0 Å². The summed E-state index contributed by atoms with van der Waals surface area (Å²) in [6.45, 7) is 6.53. The smallest absolute Gasteiger partial charge is 0.0677 e. The Bertz CT molecular complexity index is 93.4. The van der Waals surface area contributed by atoms with Gasteiger partial charge in [-0.1, -0.05) is 0 Å². The van der Waals surface area contributed by atoms with Crippen LogP contribution < -0.4 is 0 Å². The van der Waals surface area contributed by atoms with E-state index in [2.05, 4.69) is 25.8 Å². The van der Waals surface area contributed by atoms with Crippen molar-refractivity contribution in [3.63, 3.8) is 0 Å². The van der Waals surface area contributed by atoms with E-state index in [1.807, 2.05) is 0 Å². The Labute approximate surface area is 63.2 Å². The summed E-state index contributed by atoms with van der Waals surface area (Å²) in [7, 11) is 2.15. The van der Waals surface area contributed by atoms with Gasteiger partial charge < -0.3 is 9.64 Å². The molecule has 0 spiro atoms. The highest BCUT2D eigenvalue weighted by Crippen LogP contribution is 2.08. The number of hydrogen-bond donors (Lipinski definition) is 0. The Morgan fingerprint density at radius 2 is 2.00 bits per heavy atom. The highest BCUT2D eigenvalue weighted by atomic mass is 16.5. The predicted octanol–water partition coefficient (Wildman–Crippen LogP) is 1.12. The minimum absolute atomic E-state index is 0.405. The third-order valence-electron chi connectivity index (χ3n) is 1.95. The molecule has 0 bridgehead atoms. The molecule has 2 atom stereocenters. The van der Waals surface area contributed by atoms with E-state index in [4.69, 9.17) is 4.74 Å². The van der Waals surface area contributed by atoms with Crippen LogP contribution in [0, 0.1) is 0 Å². The second-order valence-corrected chi connectivity index (χ2v) is 3.31. The first-order valence-electron chi connectivity index (χ1n) is 4.02. The maximum Gasteiger partial charge on any atom is 0.0677 e. The van der Waals surface area contributed by atoms with Crippen molar-refractivity contribution in [2.75, 3.05) is 20.1 Å². The molecule has 0 aromatic rings.